The van der Waals surface area contributed by atoms with Gasteiger partial charge in [0, 0.05) is 6.42 Å². The fourth-order valence-corrected chi connectivity index (χ4v) is 1.63. The maximum atomic E-state index is 5.42. The van der Waals surface area contributed by atoms with Gasteiger partial charge in [0.1, 0.15) is 5.82 Å². The van der Waals surface area contributed by atoms with Crippen LogP contribution in [-0.2, 0) is 6.42 Å². The lowest BCUT2D eigenvalue weighted by molar-refractivity contribution is 0.174. The lowest BCUT2D eigenvalue weighted by Gasteiger charge is -2.00. The van der Waals surface area contributed by atoms with E-state index in [1.165, 1.54) is 0 Å². The summed E-state index contributed by atoms with van der Waals surface area (Å²) >= 11 is 0. The van der Waals surface area contributed by atoms with E-state index in [1.54, 1.807) is 0 Å². The average Bonchev–Trinajstić information content (AvgIpc) is 2.87. The molecule has 0 saturated heterocycles. The first-order valence-electron chi connectivity index (χ1n) is 4.86. The molecule has 3 rings (SSSR count). The SMILES string of the molecule is Nc1n[nH]c(Cc2ccc3c(c2)OCO3)n1. The number of ether oxygens (including phenoxy) is 2. The first-order chi connectivity index (χ1) is 7.81. The van der Waals surface area contributed by atoms with Crippen LogP contribution in [0.2, 0.25) is 0 Å². The van der Waals surface area contributed by atoms with Crippen molar-refractivity contribution in [2.45, 2.75) is 6.42 Å². The fourth-order valence-electron chi connectivity index (χ4n) is 1.63. The molecule has 0 bridgehead atoms. The Morgan fingerprint density at radius 1 is 1.31 bits per heavy atom. The van der Waals surface area contributed by atoms with Gasteiger partial charge in [0.15, 0.2) is 11.5 Å². The fraction of sp³-hybridized carbons (Fsp3) is 0.200. The summed E-state index contributed by atoms with van der Waals surface area (Å²) in [5, 5.41) is 6.53. The number of aromatic amines is 1. The quantitative estimate of drug-likeness (QED) is 0.775. The molecule has 0 amide bonds. The number of hydrogen-bond acceptors (Lipinski definition) is 5. The van der Waals surface area contributed by atoms with Crippen LogP contribution in [0.4, 0.5) is 5.95 Å². The summed E-state index contributed by atoms with van der Waals surface area (Å²) in [5.41, 5.74) is 6.49. The van der Waals surface area contributed by atoms with Gasteiger partial charge in [0.25, 0.3) is 0 Å². The minimum Gasteiger partial charge on any atom is -0.454 e. The Morgan fingerprint density at radius 3 is 3.00 bits per heavy atom. The predicted octanol–water partition coefficient (Wildman–Crippen LogP) is 0.706. The van der Waals surface area contributed by atoms with Crippen LogP contribution in [0.15, 0.2) is 18.2 Å². The van der Waals surface area contributed by atoms with Crippen LogP contribution < -0.4 is 15.2 Å². The Balaban J connectivity index is 1.85. The summed E-state index contributed by atoms with van der Waals surface area (Å²) in [6, 6.07) is 5.78. The van der Waals surface area contributed by atoms with Crippen LogP contribution in [0.3, 0.4) is 0 Å². The number of benzene rings is 1. The number of H-pyrrole nitrogens is 1. The minimum absolute atomic E-state index is 0.260. The van der Waals surface area contributed by atoms with Gasteiger partial charge in [-0.05, 0) is 17.7 Å². The third-order valence-corrected chi connectivity index (χ3v) is 2.36. The number of nitrogen functional groups attached to an aromatic ring is 1. The van der Waals surface area contributed by atoms with Crippen LogP contribution in [0.1, 0.15) is 11.4 Å². The number of nitrogens with one attached hydrogen (secondary N) is 1. The molecular formula is C10H10N4O2. The lowest BCUT2D eigenvalue weighted by atomic mass is 10.1. The van der Waals surface area contributed by atoms with Crippen molar-refractivity contribution < 1.29 is 9.47 Å². The number of aromatic nitrogens is 3. The van der Waals surface area contributed by atoms with Crippen molar-refractivity contribution in [2.75, 3.05) is 12.5 Å². The molecular weight excluding hydrogens is 208 g/mol. The highest BCUT2D eigenvalue weighted by Crippen LogP contribution is 2.32. The van der Waals surface area contributed by atoms with Gasteiger partial charge in [-0.1, -0.05) is 6.07 Å². The summed E-state index contributed by atoms with van der Waals surface area (Å²) in [7, 11) is 0. The van der Waals surface area contributed by atoms with Crippen LogP contribution in [0, 0.1) is 0 Å². The van der Waals surface area contributed by atoms with Crippen molar-refractivity contribution in [3.63, 3.8) is 0 Å². The molecule has 1 aromatic carbocycles. The maximum Gasteiger partial charge on any atom is 0.239 e. The van der Waals surface area contributed by atoms with E-state index in [0.717, 1.165) is 22.9 Å². The van der Waals surface area contributed by atoms with Gasteiger partial charge < -0.3 is 15.2 Å². The number of nitrogens with two attached hydrogens (primary N) is 1. The molecule has 0 saturated carbocycles. The van der Waals surface area contributed by atoms with Gasteiger partial charge in [-0.25, -0.2) is 0 Å². The number of nitrogens with zero attached hydrogens (tertiary/aromatic N) is 2. The molecule has 3 N–H and O–H groups in total. The van der Waals surface area contributed by atoms with Gasteiger partial charge in [0.05, 0.1) is 0 Å². The van der Waals surface area contributed by atoms with Crippen LogP contribution in [-0.4, -0.2) is 22.0 Å². The number of hydrogen-bond donors (Lipinski definition) is 2. The Kier molecular flexibility index (Phi) is 1.92. The number of rotatable bonds is 2. The van der Waals surface area contributed by atoms with Crippen molar-refractivity contribution in [3.05, 3.63) is 29.6 Å². The van der Waals surface area contributed by atoms with E-state index in [9.17, 15) is 0 Å². The number of fused-ring (bicyclic) bond motifs is 1. The standard InChI is InChI=1S/C10H10N4O2/c11-10-12-9(13-14-10)4-6-1-2-7-8(3-6)16-5-15-7/h1-3H,4-5H2,(H3,11,12,13,14). The van der Waals surface area contributed by atoms with Gasteiger partial charge in [-0.2, -0.15) is 4.98 Å². The zero-order chi connectivity index (χ0) is 11.0. The highest BCUT2D eigenvalue weighted by Gasteiger charge is 2.13. The molecule has 6 nitrogen and oxygen atoms in total. The summed E-state index contributed by atoms with van der Waals surface area (Å²) in [4.78, 5) is 4.04. The molecule has 0 radical (unpaired) electrons. The summed E-state index contributed by atoms with van der Waals surface area (Å²) in [6.07, 6.45) is 0.640. The summed E-state index contributed by atoms with van der Waals surface area (Å²) in [6.45, 7) is 0.286. The molecule has 16 heavy (non-hydrogen) atoms. The molecule has 82 valence electrons. The van der Waals surface area contributed by atoms with E-state index in [-0.39, 0.29) is 12.7 Å². The third kappa shape index (κ3) is 1.54. The van der Waals surface area contributed by atoms with Crippen molar-refractivity contribution in [3.8, 4) is 11.5 Å². The molecule has 1 aliphatic rings. The van der Waals surface area contributed by atoms with Crippen molar-refractivity contribution in [1.29, 1.82) is 0 Å². The average molecular weight is 218 g/mol. The number of anilines is 1. The van der Waals surface area contributed by atoms with E-state index in [2.05, 4.69) is 15.2 Å². The topological polar surface area (TPSA) is 86.0 Å². The molecule has 2 heterocycles. The van der Waals surface area contributed by atoms with Crippen LogP contribution in [0.5, 0.6) is 11.5 Å². The molecule has 0 fully saturated rings. The van der Waals surface area contributed by atoms with Gasteiger partial charge in [-0.3, -0.25) is 5.10 Å². The first kappa shape index (κ1) is 9.02. The molecule has 1 aromatic heterocycles. The van der Waals surface area contributed by atoms with E-state index >= 15 is 0 Å². The second-order valence-electron chi connectivity index (χ2n) is 3.50. The van der Waals surface area contributed by atoms with Gasteiger partial charge >= 0.3 is 0 Å². The predicted molar refractivity (Wildman–Crippen MR) is 56.2 cm³/mol. The summed E-state index contributed by atoms with van der Waals surface area (Å²) < 4.78 is 10.5. The van der Waals surface area contributed by atoms with E-state index < -0.39 is 0 Å². The van der Waals surface area contributed by atoms with E-state index in [0.29, 0.717) is 6.42 Å². The second kappa shape index (κ2) is 3.41. The van der Waals surface area contributed by atoms with E-state index in [4.69, 9.17) is 15.2 Å². The molecule has 0 spiro atoms. The molecule has 2 aromatic rings. The van der Waals surface area contributed by atoms with Crippen LogP contribution >= 0.6 is 0 Å². The Labute approximate surface area is 91.4 Å². The van der Waals surface area contributed by atoms with Crippen molar-refractivity contribution in [2.24, 2.45) is 0 Å². The van der Waals surface area contributed by atoms with Crippen molar-refractivity contribution in [1.82, 2.24) is 15.2 Å². The monoisotopic (exact) mass is 218 g/mol. The molecule has 6 heteroatoms. The maximum absolute atomic E-state index is 5.42. The summed E-state index contributed by atoms with van der Waals surface area (Å²) in [5.74, 6) is 2.54. The zero-order valence-corrected chi connectivity index (χ0v) is 8.43. The van der Waals surface area contributed by atoms with E-state index in [1.807, 2.05) is 18.2 Å². The van der Waals surface area contributed by atoms with Gasteiger partial charge in [-0.15, -0.1) is 5.10 Å². The van der Waals surface area contributed by atoms with Crippen molar-refractivity contribution >= 4 is 5.95 Å². The Bertz CT molecular complexity index is 523. The third-order valence-electron chi connectivity index (χ3n) is 2.36. The Hall–Kier alpha value is -2.24. The minimum atomic E-state index is 0.260. The lowest BCUT2D eigenvalue weighted by Crippen LogP contribution is -1.93. The largest absolute Gasteiger partial charge is 0.454 e. The molecule has 1 aliphatic heterocycles. The molecule has 0 unspecified atom stereocenters. The second-order valence-corrected chi connectivity index (χ2v) is 3.50. The molecule has 0 aliphatic carbocycles. The highest BCUT2D eigenvalue weighted by molar-refractivity contribution is 5.45. The normalized spacial score (nSPS) is 13.0. The smallest absolute Gasteiger partial charge is 0.239 e. The first-order valence-corrected chi connectivity index (χ1v) is 4.86. The van der Waals surface area contributed by atoms with Gasteiger partial charge in [0.2, 0.25) is 12.7 Å². The van der Waals surface area contributed by atoms with Crippen LogP contribution in [0.25, 0.3) is 0 Å². The zero-order valence-electron chi connectivity index (χ0n) is 8.43. The Morgan fingerprint density at radius 2 is 2.19 bits per heavy atom. The highest BCUT2D eigenvalue weighted by atomic mass is 16.7. The molecule has 0 atom stereocenters.